The normalized spacial score (nSPS) is 11.7. The lowest BCUT2D eigenvalue weighted by Crippen LogP contribution is -2.39. The topological polar surface area (TPSA) is 38.8 Å². The molecule has 0 radical (unpaired) electrons. The summed E-state index contributed by atoms with van der Waals surface area (Å²) >= 11 is 12.2. The van der Waals surface area contributed by atoms with Crippen LogP contribution in [-0.4, -0.2) is 43.7 Å². The monoisotopic (exact) mass is 513 g/mol. The summed E-state index contributed by atoms with van der Waals surface area (Å²) in [4.78, 5) is 14.2. The maximum absolute atomic E-state index is 11.8. The first-order valence-corrected chi connectivity index (χ1v) is 12.5. The molecule has 0 N–H and O–H groups in total. The van der Waals surface area contributed by atoms with E-state index in [1.165, 1.54) is 23.8 Å². The maximum atomic E-state index is 11.8. The molecule has 3 aromatic rings. The molecule has 0 amide bonds. The number of likely N-dealkylation sites (N-methyl/N-ethyl adjacent to an activating group) is 1. The molecule has 0 fully saturated rings. The van der Waals surface area contributed by atoms with Crippen molar-refractivity contribution in [1.29, 1.82) is 0 Å². The predicted molar refractivity (Wildman–Crippen MR) is 144 cm³/mol. The number of methoxy groups -OCH3 is 1. The van der Waals surface area contributed by atoms with Gasteiger partial charge in [-0.25, -0.2) is 4.79 Å². The lowest BCUT2D eigenvalue weighted by Gasteiger charge is -2.25. The summed E-state index contributed by atoms with van der Waals surface area (Å²) in [5.74, 6) is 0.472. The summed E-state index contributed by atoms with van der Waals surface area (Å²) in [5.41, 5.74) is 2.67. The van der Waals surface area contributed by atoms with Crippen molar-refractivity contribution in [3.8, 4) is 5.75 Å². The second-order valence-corrected chi connectivity index (χ2v) is 10.1. The van der Waals surface area contributed by atoms with Gasteiger partial charge < -0.3 is 14.4 Å². The van der Waals surface area contributed by atoms with Crippen LogP contribution in [0.1, 0.15) is 42.9 Å². The number of esters is 1. The van der Waals surface area contributed by atoms with E-state index < -0.39 is 11.6 Å². The molecule has 0 bridgehead atoms. The molecule has 0 aromatic heterocycles. The van der Waals surface area contributed by atoms with E-state index in [9.17, 15) is 4.79 Å². The number of hydrogen-bond acceptors (Lipinski definition) is 4. The highest BCUT2D eigenvalue weighted by Gasteiger charge is 2.31. The van der Waals surface area contributed by atoms with Gasteiger partial charge in [-0.1, -0.05) is 59.6 Å². The molecule has 3 aromatic carbocycles. The molecule has 0 atom stereocenters. The summed E-state index contributed by atoms with van der Waals surface area (Å²) in [6.45, 7) is 5.25. The molecule has 0 aliphatic rings. The Bertz CT molecular complexity index is 1030. The lowest BCUT2D eigenvalue weighted by molar-refractivity contribution is -0.156. The Kier molecular flexibility index (Phi) is 9.62. The van der Waals surface area contributed by atoms with E-state index in [1.807, 2.05) is 48.5 Å². The third-order valence-corrected chi connectivity index (χ3v) is 6.52. The highest BCUT2D eigenvalue weighted by Crippen LogP contribution is 2.28. The first-order chi connectivity index (χ1) is 16.7. The number of carbonyl (C=O) groups is 1. The third kappa shape index (κ3) is 7.99. The van der Waals surface area contributed by atoms with Gasteiger partial charge in [0.15, 0.2) is 5.60 Å². The molecule has 35 heavy (non-hydrogen) atoms. The smallest absolute Gasteiger partial charge is 0.349 e. The number of benzene rings is 3. The molecule has 4 nitrogen and oxygen atoms in total. The van der Waals surface area contributed by atoms with Gasteiger partial charge >= 0.3 is 5.97 Å². The molecule has 0 saturated carbocycles. The Morgan fingerprint density at radius 3 is 1.89 bits per heavy atom. The van der Waals surface area contributed by atoms with Gasteiger partial charge in [0.05, 0.1) is 7.11 Å². The molecule has 0 unspecified atom stereocenters. The fraction of sp³-hybridized carbons (Fsp3) is 0.345. The van der Waals surface area contributed by atoms with Crippen LogP contribution in [0.4, 0.5) is 0 Å². The number of rotatable bonds is 11. The van der Waals surface area contributed by atoms with Crippen molar-refractivity contribution in [3.63, 3.8) is 0 Å². The molecular formula is C29H33Cl2NO3. The van der Waals surface area contributed by atoms with Gasteiger partial charge in [0.2, 0.25) is 0 Å². The summed E-state index contributed by atoms with van der Waals surface area (Å²) < 4.78 is 10.6. The Balaban J connectivity index is 1.56. The zero-order valence-corrected chi connectivity index (χ0v) is 22.3. The van der Waals surface area contributed by atoms with Gasteiger partial charge in [-0.2, -0.15) is 0 Å². The molecule has 0 aliphatic heterocycles. The molecule has 0 saturated heterocycles. The second-order valence-electron chi connectivity index (χ2n) is 9.27. The SMILES string of the molecule is COC(=O)C(C)(C)Oc1ccc(CCCN(C)CC(c2ccc(Cl)cc2)c2ccc(Cl)cc2)cc1. The Labute approximate surface area is 218 Å². The summed E-state index contributed by atoms with van der Waals surface area (Å²) in [6, 6.07) is 24.1. The van der Waals surface area contributed by atoms with E-state index in [1.54, 1.807) is 13.8 Å². The van der Waals surface area contributed by atoms with Crippen molar-refractivity contribution >= 4 is 29.2 Å². The molecular weight excluding hydrogens is 481 g/mol. The van der Waals surface area contributed by atoms with Crippen molar-refractivity contribution in [1.82, 2.24) is 4.90 Å². The summed E-state index contributed by atoms with van der Waals surface area (Å²) in [5, 5.41) is 1.48. The van der Waals surface area contributed by atoms with Crippen LogP contribution in [0.2, 0.25) is 10.0 Å². The predicted octanol–water partition coefficient (Wildman–Crippen LogP) is 7.02. The Hall–Kier alpha value is -2.53. The molecule has 0 heterocycles. The molecule has 6 heteroatoms. The van der Waals surface area contributed by atoms with E-state index in [-0.39, 0.29) is 5.92 Å². The van der Waals surface area contributed by atoms with Gasteiger partial charge in [-0.05, 0) is 93.4 Å². The fourth-order valence-electron chi connectivity index (χ4n) is 4.06. The Morgan fingerprint density at radius 2 is 1.40 bits per heavy atom. The quantitative estimate of drug-likeness (QED) is 0.258. The Morgan fingerprint density at radius 1 is 0.886 bits per heavy atom. The fourth-order valence-corrected chi connectivity index (χ4v) is 4.31. The number of halogens is 2. The van der Waals surface area contributed by atoms with E-state index in [4.69, 9.17) is 32.7 Å². The van der Waals surface area contributed by atoms with Crippen LogP contribution in [0.3, 0.4) is 0 Å². The minimum atomic E-state index is -1.02. The number of hydrogen-bond donors (Lipinski definition) is 0. The largest absolute Gasteiger partial charge is 0.476 e. The highest BCUT2D eigenvalue weighted by atomic mass is 35.5. The van der Waals surface area contributed by atoms with Crippen LogP contribution in [0.5, 0.6) is 5.75 Å². The van der Waals surface area contributed by atoms with Crippen molar-refractivity contribution in [2.45, 2.75) is 38.2 Å². The van der Waals surface area contributed by atoms with E-state index >= 15 is 0 Å². The highest BCUT2D eigenvalue weighted by molar-refractivity contribution is 6.30. The first kappa shape index (κ1) is 27.1. The number of aryl methyl sites for hydroxylation is 1. The van der Waals surface area contributed by atoms with Crippen LogP contribution in [-0.2, 0) is 16.0 Å². The van der Waals surface area contributed by atoms with Gasteiger partial charge in [0.25, 0.3) is 0 Å². The second kappa shape index (κ2) is 12.4. The zero-order chi connectivity index (χ0) is 25.4. The van der Waals surface area contributed by atoms with E-state index in [2.05, 4.69) is 36.2 Å². The van der Waals surface area contributed by atoms with Crippen molar-refractivity contribution < 1.29 is 14.3 Å². The van der Waals surface area contributed by atoms with Crippen LogP contribution in [0.25, 0.3) is 0 Å². The standard InChI is InChI=1S/C29H33Cl2NO3/c1-29(2,28(33)34-4)35-26-17-7-21(8-18-26)6-5-19-32(3)20-27(22-9-13-24(30)14-10-22)23-11-15-25(31)16-12-23/h7-18,27H,5-6,19-20H2,1-4H3. The number of carbonyl (C=O) groups excluding carboxylic acids is 1. The number of ether oxygens (including phenoxy) is 2. The molecule has 0 aliphatic carbocycles. The minimum absolute atomic E-state index is 0.226. The number of nitrogens with zero attached hydrogens (tertiary/aromatic N) is 1. The molecule has 3 rings (SSSR count). The van der Waals surface area contributed by atoms with Gasteiger partial charge in [0.1, 0.15) is 5.75 Å². The summed E-state index contributed by atoms with van der Waals surface area (Å²) in [6.07, 6.45) is 1.98. The van der Waals surface area contributed by atoms with E-state index in [0.29, 0.717) is 5.75 Å². The zero-order valence-electron chi connectivity index (χ0n) is 20.8. The van der Waals surface area contributed by atoms with Gasteiger partial charge in [-0.15, -0.1) is 0 Å². The van der Waals surface area contributed by atoms with Crippen molar-refractivity contribution in [3.05, 3.63) is 99.5 Å². The van der Waals surface area contributed by atoms with Gasteiger partial charge in [0, 0.05) is 22.5 Å². The molecule has 0 spiro atoms. The van der Waals surface area contributed by atoms with Crippen molar-refractivity contribution in [2.75, 3.05) is 27.2 Å². The first-order valence-electron chi connectivity index (χ1n) is 11.7. The van der Waals surface area contributed by atoms with Crippen LogP contribution in [0.15, 0.2) is 72.8 Å². The van der Waals surface area contributed by atoms with Gasteiger partial charge in [-0.3, -0.25) is 0 Å². The average molecular weight is 514 g/mol. The van der Waals surface area contributed by atoms with Crippen LogP contribution in [0, 0.1) is 0 Å². The average Bonchev–Trinajstić information content (AvgIpc) is 2.84. The van der Waals surface area contributed by atoms with Crippen LogP contribution < -0.4 is 4.74 Å². The summed E-state index contributed by atoms with van der Waals surface area (Å²) in [7, 11) is 3.52. The third-order valence-electron chi connectivity index (χ3n) is 6.02. The van der Waals surface area contributed by atoms with Crippen LogP contribution >= 0.6 is 23.2 Å². The van der Waals surface area contributed by atoms with E-state index in [0.717, 1.165) is 36.0 Å². The lowest BCUT2D eigenvalue weighted by atomic mass is 9.91. The minimum Gasteiger partial charge on any atom is -0.476 e. The molecule has 186 valence electrons. The maximum Gasteiger partial charge on any atom is 0.349 e. The van der Waals surface area contributed by atoms with Crippen molar-refractivity contribution in [2.24, 2.45) is 0 Å².